The van der Waals surface area contributed by atoms with Crippen molar-refractivity contribution in [3.05, 3.63) is 61.2 Å². The number of aliphatic hydroxyl groups excluding tert-OH is 2. The molecule has 168 valence electrons. The number of rotatable bonds is 10. The van der Waals surface area contributed by atoms with Crippen molar-refractivity contribution in [1.29, 1.82) is 0 Å². The second-order valence-corrected chi connectivity index (χ2v) is 7.49. The predicted octanol–water partition coefficient (Wildman–Crippen LogP) is -3.97. The maximum Gasteiger partial charge on any atom is 0.244 e. The van der Waals surface area contributed by atoms with E-state index in [1.165, 1.54) is 22.1 Å². The van der Waals surface area contributed by atoms with Crippen LogP contribution in [0.5, 0.6) is 0 Å². The second kappa shape index (κ2) is 12.1. The number of aryl methyl sites for hydroxylation is 4. The number of hydrogen-bond acceptors (Lipinski definition) is 2. The van der Waals surface area contributed by atoms with Gasteiger partial charge in [0, 0.05) is 32.5 Å². The lowest BCUT2D eigenvalue weighted by molar-refractivity contribution is -0.672. The van der Waals surface area contributed by atoms with Gasteiger partial charge in [0.05, 0.1) is 26.2 Å². The van der Waals surface area contributed by atoms with Crippen molar-refractivity contribution < 1.29 is 44.2 Å². The molecule has 4 aromatic rings. The van der Waals surface area contributed by atoms with Gasteiger partial charge in [0.2, 0.25) is 12.7 Å². The van der Waals surface area contributed by atoms with E-state index in [1.807, 2.05) is 0 Å². The Morgan fingerprint density at radius 1 is 0.613 bits per heavy atom. The summed E-state index contributed by atoms with van der Waals surface area (Å²) in [5.74, 6) is 0. The highest BCUT2D eigenvalue weighted by atomic mass is 35.5. The molecule has 0 atom stereocenters. The summed E-state index contributed by atoms with van der Waals surface area (Å²) < 4.78 is 9.11. The summed E-state index contributed by atoms with van der Waals surface area (Å²) in [7, 11) is 0. The van der Waals surface area contributed by atoms with Crippen LogP contribution in [0.1, 0.15) is 19.3 Å². The van der Waals surface area contributed by atoms with Gasteiger partial charge in [0.25, 0.3) is 0 Å². The van der Waals surface area contributed by atoms with Gasteiger partial charge in [-0.2, -0.15) is 0 Å². The zero-order chi connectivity index (χ0) is 20.1. The van der Waals surface area contributed by atoms with E-state index >= 15 is 0 Å². The van der Waals surface area contributed by atoms with Gasteiger partial charge in [-0.25, -0.2) is 18.3 Å². The largest absolute Gasteiger partial charge is 1.00 e. The first-order chi connectivity index (χ1) is 14.3. The smallest absolute Gasteiger partial charge is 0.244 e. The summed E-state index contributed by atoms with van der Waals surface area (Å²) in [5, 5.41) is 18.4. The number of imidazole rings is 2. The summed E-state index contributed by atoms with van der Waals surface area (Å²) >= 11 is 0. The van der Waals surface area contributed by atoms with E-state index < -0.39 is 0 Å². The van der Waals surface area contributed by atoms with E-state index in [2.05, 4.69) is 79.5 Å². The van der Waals surface area contributed by atoms with Crippen LogP contribution in [-0.4, -0.2) is 32.6 Å². The molecule has 6 nitrogen and oxygen atoms in total. The fourth-order valence-electron chi connectivity index (χ4n) is 4.09. The van der Waals surface area contributed by atoms with Gasteiger partial charge >= 0.3 is 0 Å². The van der Waals surface area contributed by atoms with Crippen molar-refractivity contribution in [1.82, 2.24) is 9.13 Å². The number of fused-ring (bicyclic) bond motifs is 2. The summed E-state index contributed by atoms with van der Waals surface area (Å²) in [6.07, 6.45) is 6.91. The van der Waals surface area contributed by atoms with Crippen LogP contribution in [0, 0.1) is 0 Å². The lowest BCUT2D eigenvalue weighted by Crippen LogP contribution is -3.00. The molecular weight excluding hydrogens is 435 g/mol. The minimum absolute atomic E-state index is 0. The standard InChI is InChI=1S/C23H30N4O2.2ClH/c28-16-6-14-26-18-24(20-8-1-3-10-22(20)26)12-5-13-25-19-27(15-7-17-29)23-11-4-2-9-21(23)25;;/h1-4,8-11,18-19,28-29H,5-7,12-17H2;2*1H/q+2;;/p-2. The highest BCUT2D eigenvalue weighted by Crippen LogP contribution is 2.14. The quantitative estimate of drug-likeness (QED) is 0.235. The molecule has 0 aliphatic rings. The monoisotopic (exact) mass is 464 g/mol. The molecule has 2 heterocycles. The normalized spacial score (nSPS) is 10.9. The van der Waals surface area contributed by atoms with Crippen LogP contribution in [0.25, 0.3) is 22.1 Å². The van der Waals surface area contributed by atoms with Crippen LogP contribution in [0.2, 0.25) is 0 Å². The maximum absolute atomic E-state index is 9.18. The Morgan fingerprint density at radius 2 is 1.03 bits per heavy atom. The summed E-state index contributed by atoms with van der Waals surface area (Å²) in [6.45, 7) is 3.97. The first-order valence-electron chi connectivity index (χ1n) is 10.5. The molecule has 2 N–H and O–H groups in total. The van der Waals surface area contributed by atoms with Gasteiger partial charge in [-0.05, 0) is 24.3 Å². The topological polar surface area (TPSA) is 58.1 Å². The number of para-hydroxylation sites is 4. The number of hydrogen-bond donors (Lipinski definition) is 2. The Morgan fingerprint density at radius 3 is 1.45 bits per heavy atom. The number of benzene rings is 2. The van der Waals surface area contributed by atoms with Crippen molar-refractivity contribution >= 4 is 22.1 Å². The number of nitrogens with zero attached hydrogens (tertiary/aromatic N) is 4. The number of halogens is 2. The molecule has 0 fully saturated rings. The van der Waals surface area contributed by atoms with E-state index in [4.69, 9.17) is 0 Å². The molecule has 4 rings (SSSR count). The summed E-state index contributed by atoms with van der Waals surface area (Å²) in [5.41, 5.74) is 4.91. The molecule has 0 radical (unpaired) electrons. The lowest BCUT2D eigenvalue weighted by atomic mass is 10.3. The SMILES string of the molecule is OCCC[n+]1cn(CCCn2c[n+](CCCO)c3ccccc32)c2ccccc21.[Cl-].[Cl-]. The minimum Gasteiger partial charge on any atom is -1.00 e. The fraction of sp³-hybridized carbons (Fsp3) is 0.391. The van der Waals surface area contributed by atoms with Crippen molar-refractivity contribution in [2.75, 3.05) is 13.2 Å². The second-order valence-electron chi connectivity index (χ2n) is 7.49. The highest BCUT2D eigenvalue weighted by Gasteiger charge is 2.17. The van der Waals surface area contributed by atoms with Gasteiger partial charge < -0.3 is 35.0 Å². The van der Waals surface area contributed by atoms with Crippen LogP contribution in [-0.2, 0) is 26.2 Å². The van der Waals surface area contributed by atoms with Crippen molar-refractivity contribution in [3.8, 4) is 0 Å². The summed E-state index contributed by atoms with van der Waals surface area (Å²) in [6, 6.07) is 16.9. The van der Waals surface area contributed by atoms with Crippen LogP contribution in [0.4, 0.5) is 0 Å². The average Bonchev–Trinajstić information content (AvgIpc) is 3.29. The minimum atomic E-state index is 0. The highest BCUT2D eigenvalue weighted by molar-refractivity contribution is 5.72. The molecule has 0 spiro atoms. The molecule has 0 aliphatic heterocycles. The lowest BCUT2D eigenvalue weighted by Gasteiger charge is -1.98. The van der Waals surface area contributed by atoms with Crippen LogP contribution >= 0.6 is 0 Å². The molecule has 0 bridgehead atoms. The Balaban J connectivity index is 0.00000171. The van der Waals surface area contributed by atoms with E-state index in [1.54, 1.807) is 0 Å². The van der Waals surface area contributed by atoms with E-state index in [0.717, 1.165) is 45.4 Å². The van der Waals surface area contributed by atoms with E-state index in [9.17, 15) is 10.2 Å². The van der Waals surface area contributed by atoms with Gasteiger partial charge in [0.15, 0.2) is 22.1 Å². The molecular formula is C23H30Cl2N4O2. The molecule has 0 saturated carbocycles. The molecule has 2 aromatic carbocycles. The van der Waals surface area contributed by atoms with Crippen molar-refractivity contribution in [2.24, 2.45) is 0 Å². The molecule has 0 amide bonds. The van der Waals surface area contributed by atoms with Crippen LogP contribution in [0.3, 0.4) is 0 Å². The van der Waals surface area contributed by atoms with E-state index in [0.29, 0.717) is 0 Å². The average molecular weight is 465 g/mol. The third kappa shape index (κ3) is 5.57. The zero-order valence-electron chi connectivity index (χ0n) is 17.6. The first-order valence-corrected chi connectivity index (χ1v) is 10.5. The predicted molar refractivity (Wildman–Crippen MR) is 112 cm³/mol. The number of aliphatic hydroxyl groups is 2. The first kappa shape index (κ1) is 25.1. The Kier molecular flexibility index (Phi) is 9.78. The molecule has 8 heteroatoms. The molecule has 31 heavy (non-hydrogen) atoms. The van der Waals surface area contributed by atoms with Crippen molar-refractivity contribution in [3.63, 3.8) is 0 Å². The van der Waals surface area contributed by atoms with Gasteiger partial charge in [-0.1, -0.05) is 24.3 Å². The van der Waals surface area contributed by atoms with Crippen LogP contribution in [0.15, 0.2) is 61.2 Å². The molecule has 0 saturated heterocycles. The maximum atomic E-state index is 9.18. The molecule has 0 aliphatic carbocycles. The Labute approximate surface area is 195 Å². The van der Waals surface area contributed by atoms with Gasteiger partial charge in [-0.3, -0.25) is 0 Å². The van der Waals surface area contributed by atoms with Gasteiger partial charge in [-0.15, -0.1) is 0 Å². The Hall–Kier alpha value is -2.12. The molecule has 2 aromatic heterocycles. The third-order valence-electron chi connectivity index (χ3n) is 5.47. The Bertz CT molecular complexity index is 1010. The fourth-order valence-corrected chi connectivity index (χ4v) is 4.09. The summed E-state index contributed by atoms with van der Waals surface area (Å²) in [4.78, 5) is 0. The zero-order valence-corrected chi connectivity index (χ0v) is 19.1. The van der Waals surface area contributed by atoms with Crippen molar-refractivity contribution in [2.45, 2.75) is 45.4 Å². The van der Waals surface area contributed by atoms with E-state index in [-0.39, 0.29) is 38.0 Å². The van der Waals surface area contributed by atoms with Crippen LogP contribution < -0.4 is 33.9 Å². The number of aromatic nitrogens is 4. The molecule has 0 unspecified atom stereocenters. The third-order valence-corrected chi connectivity index (χ3v) is 5.47. The van der Waals surface area contributed by atoms with Gasteiger partial charge in [0.1, 0.15) is 0 Å².